The van der Waals surface area contributed by atoms with E-state index in [1.54, 1.807) is 0 Å². The second-order valence-corrected chi connectivity index (χ2v) is 2.91. The average Bonchev–Trinajstić information content (AvgIpc) is 2.22. The molecule has 2 bridgehead atoms. The third kappa shape index (κ3) is 1.92. The molecule has 0 aromatic heterocycles. The van der Waals surface area contributed by atoms with Crippen LogP contribution in [0.15, 0.2) is 0 Å². The van der Waals surface area contributed by atoms with Gasteiger partial charge in [0, 0.05) is 0 Å². The van der Waals surface area contributed by atoms with Crippen LogP contribution in [0.1, 0.15) is 25.7 Å². The second-order valence-electron chi connectivity index (χ2n) is 2.91. The Morgan fingerprint density at radius 3 is 2.11 bits per heavy atom. The number of halogens is 1. The van der Waals surface area contributed by atoms with Gasteiger partial charge in [0.05, 0.1) is 0 Å². The van der Waals surface area contributed by atoms with E-state index in [1.807, 2.05) is 0 Å². The zero-order valence-electron chi connectivity index (χ0n) is 5.65. The summed E-state index contributed by atoms with van der Waals surface area (Å²) in [5.41, 5.74) is 0. The molecule has 0 saturated heterocycles. The Labute approximate surface area is 76.0 Å². The van der Waals surface area contributed by atoms with Crippen LogP contribution < -0.4 is 12.4 Å². The van der Waals surface area contributed by atoms with Crippen molar-refractivity contribution in [3.8, 4) is 0 Å². The maximum Gasteiger partial charge on any atom is 2.00 e. The minimum Gasteiger partial charge on any atom is -1.00 e. The fraction of sp³-hybridized carbons (Fsp3) is 0.857. The quantitative estimate of drug-likeness (QED) is 0.345. The summed E-state index contributed by atoms with van der Waals surface area (Å²) in [6.45, 7) is 0. The summed E-state index contributed by atoms with van der Waals surface area (Å²) >= 11 is 0. The van der Waals surface area contributed by atoms with Crippen molar-refractivity contribution >= 4 is 0 Å². The molecule has 0 aromatic carbocycles. The van der Waals surface area contributed by atoms with Crippen LogP contribution in [0.25, 0.3) is 0 Å². The normalized spacial score (nSPS) is 37.3. The minimum absolute atomic E-state index is 0. The summed E-state index contributed by atoms with van der Waals surface area (Å²) in [4.78, 5) is 0. The summed E-state index contributed by atoms with van der Waals surface area (Å²) in [7, 11) is 0. The van der Waals surface area contributed by atoms with E-state index in [-0.39, 0.29) is 31.9 Å². The first-order chi connectivity index (χ1) is 3.45. The standard InChI is InChI=1S/C7H11.ClH.Zn/c1-2-7-4-3-6(1)5-7;;/h1,6-7H,2-5H2;1H;/q-1;;+2/p-1. The summed E-state index contributed by atoms with van der Waals surface area (Å²) in [5, 5.41) is 0. The van der Waals surface area contributed by atoms with Crippen molar-refractivity contribution in [2.75, 3.05) is 0 Å². The van der Waals surface area contributed by atoms with Gasteiger partial charge >= 0.3 is 19.5 Å². The molecule has 2 unspecified atom stereocenters. The van der Waals surface area contributed by atoms with E-state index in [2.05, 4.69) is 6.42 Å². The molecule has 2 atom stereocenters. The minimum atomic E-state index is 0. The SMILES string of the molecule is [CH-]1CC2CCC1C2.[Cl-].[Zn+2]. The Bertz CT molecular complexity index is 67.0. The second kappa shape index (κ2) is 3.93. The van der Waals surface area contributed by atoms with Gasteiger partial charge in [-0.1, -0.05) is 25.2 Å². The molecular formula is C7H11ClZn. The van der Waals surface area contributed by atoms with Crippen molar-refractivity contribution in [3.63, 3.8) is 0 Å². The van der Waals surface area contributed by atoms with Gasteiger partial charge in [-0.3, -0.25) is 0 Å². The number of hydrogen-bond acceptors (Lipinski definition) is 0. The van der Waals surface area contributed by atoms with Crippen LogP contribution in [0.4, 0.5) is 0 Å². The van der Waals surface area contributed by atoms with E-state index >= 15 is 0 Å². The first kappa shape index (κ1) is 9.91. The van der Waals surface area contributed by atoms with Gasteiger partial charge in [0.2, 0.25) is 0 Å². The van der Waals surface area contributed by atoms with Crippen molar-refractivity contribution in [1.29, 1.82) is 0 Å². The van der Waals surface area contributed by atoms with Crippen molar-refractivity contribution in [3.05, 3.63) is 6.42 Å². The van der Waals surface area contributed by atoms with Gasteiger partial charge in [0.25, 0.3) is 0 Å². The van der Waals surface area contributed by atoms with Gasteiger partial charge in [0.1, 0.15) is 0 Å². The maximum absolute atomic E-state index is 2.51. The van der Waals surface area contributed by atoms with Crippen LogP contribution in [0.5, 0.6) is 0 Å². The van der Waals surface area contributed by atoms with Crippen molar-refractivity contribution < 1.29 is 31.9 Å². The molecule has 2 saturated carbocycles. The van der Waals surface area contributed by atoms with E-state index in [1.165, 1.54) is 25.7 Å². The fourth-order valence-electron chi connectivity index (χ4n) is 1.93. The van der Waals surface area contributed by atoms with Crippen molar-refractivity contribution in [2.24, 2.45) is 11.8 Å². The van der Waals surface area contributed by atoms with E-state index in [9.17, 15) is 0 Å². The Morgan fingerprint density at radius 2 is 2.00 bits per heavy atom. The molecule has 0 heterocycles. The smallest absolute Gasteiger partial charge is 1.00 e. The molecule has 0 aliphatic heterocycles. The molecular weight excluding hydrogens is 185 g/mol. The molecule has 0 N–H and O–H groups in total. The first-order valence-electron chi connectivity index (χ1n) is 3.28. The topological polar surface area (TPSA) is 0 Å². The third-order valence-electron chi connectivity index (χ3n) is 2.38. The molecule has 2 aliphatic carbocycles. The summed E-state index contributed by atoms with van der Waals surface area (Å²) in [6.07, 6.45) is 8.50. The van der Waals surface area contributed by atoms with Crippen LogP contribution >= 0.6 is 0 Å². The number of fused-ring (bicyclic) bond motifs is 2. The predicted molar refractivity (Wildman–Crippen MR) is 29.7 cm³/mol. The first-order valence-corrected chi connectivity index (χ1v) is 3.28. The summed E-state index contributed by atoms with van der Waals surface area (Å²) in [6, 6.07) is 0. The molecule has 0 nitrogen and oxygen atoms in total. The zero-order valence-corrected chi connectivity index (χ0v) is 9.37. The predicted octanol–water partition coefficient (Wildman–Crippen LogP) is -0.988. The Morgan fingerprint density at radius 1 is 1.22 bits per heavy atom. The molecule has 2 aliphatic rings. The summed E-state index contributed by atoms with van der Waals surface area (Å²) in [5.74, 6) is 2.16. The average molecular weight is 196 g/mol. The van der Waals surface area contributed by atoms with Gasteiger partial charge in [-0.15, -0.1) is 0 Å². The fourth-order valence-corrected chi connectivity index (χ4v) is 1.93. The Hall–Kier alpha value is 0.913. The van der Waals surface area contributed by atoms with Gasteiger partial charge in [-0.05, 0) is 0 Å². The number of rotatable bonds is 0. The van der Waals surface area contributed by atoms with Crippen LogP contribution in [-0.4, -0.2) is 0 Å². The van der Waals surface area contributed by atoms with Gasteiger partial charge in [0.15, 0.2) is 0 Å². The van der Waals surface area contributed by atoms with Crippen LogP contribution in [-0.2, 0) is 19.5 Å². The van der Waals surface area contributed by atoms with Crippen LogP contribution in [0, 0.1) is 18.3 Å². The molecule has 0 amide bonds. The van der Waals surface area contributed by atoms with Gasteiger partial charge < -0.3 is 18.8 Å². The summed E-state index contributed by atoms with van der Waals surface area (Å²) < 4.78 is 0. The molecule has 48 valence electrons. The van der Waals surface area contributed by atoms with Crippen molar-refractivity contribution in [1.82, 2.24) is 0 Å². The van der Waals surface area contributed by atoms with Crippen molar-refractivity contribution in [2.45, 2.75) is 25.7 Å². The Balaban J connectivity index is 0.000000320. The molecule has 0 aromatic rings. The van der Waals surface area contributed by atoms with Gasteiger partial charge in [-0.25, -0.2) is 0 Å². The van der Waals surface area contributed by atoms with Gasteiger partial charge in [-0.2, -0.15) is 12.3 Å². The molecule has 2 heteroatoms. The maximum atomic E-state index is 2.51. The molecule has 0 spiro atoms. The van der Waals surface area contributed by atoms with E-state index in [4.69, 9.17) is 0 Å². The van der Waals surface area contributed by atoms with Crippen LogP contribution in [0.3, 0.4) is 0 Å². The van der Waals surface area contributed by atoms with Crippen LogP contribution in [0.2, 0.25) is 0 Å². The monoisotopic (exact) mass is 194 g/mol. The van der Waals surface area contributed by atoms with E-state index in [0.29, 0.717) is 0 Å². The van der Waals surface area contributed by atoms with E-state index in [0.717, 1.165) is 11.8 Å². The molecule has 2 rings (SSSR count). The Kier molecular flexibility index (Phi) is 4.33. The van der Waals surface area contributed by atoms with E-state index < -0.39 is 0 Å². The third-order valence-corrected chi connectivity index (χ3v) is 2.38. The molecule has 0 radical (unpaired) electrons. The largest absolute Gasteiger partial charge is 2.00 e. The zero-order chi connectivity index (χ0) is 4.69. The molecule has 9 heavy (non-hydrogen) atoms. The number of hydrogen-bond donors (Lipinski definition) is 0. The molecule has 2 fully saturated rings.